The van der Waals surface area contributed by atoms with Gasteiger partial charge in [0.05, 0.1) is 18.8 Å². The normalized spacial score (nSPS) is 18.6. The Morgan fingerprint density at radius 3 is 2.48 bits per heavy atom. The van der Waals surface area contributed by atoms with Gasteiger partial charge in [0.1, 0.15) is 5.82 Å². The quantitative estimate of drug-likeness (QED) is 0.526. The van der Waals surface area contributed by atoms with Crippen LogP contribution < -0.4 is 0 Å². The number of rotatable bonds is 4. The van der Waals surface area contributed by atoms with Crippen LogP contribution in [0.5, 0.6) is 0 Å². The first-order valence-electron chi connectivity index (χ1n) is 9.96. The van der Waals surface area contributed by atoms with Crippen LogP contribution in [0.4, 0.5) is 13.2 Å². The van der Waals surface area contributed by atoms with Gasteiger partial charge < -0.3 is 14.2 Å². The summed E-state index contributed by atoms with van der Waals surface area (Å²) in [6, 6.07) is 11.9. The molecule has 0 amide bonds. The molecule has 3 aromatic rings. The Labute approximate surface area is 178 Å². The van der Waals surface area contributed by atoms with Gasteiger partial charge in [-0.15, -0.1) is 0 Å². The summed E-state index contributed by atoms with van der Waals surface area (Å²) in [7, 11) is 1.65. The number of methoxy groups -OCH3 is 1. The predicted octanol–water partition coefficient (Wildman–Crippen LogP) is 5.36. The summed E-state index contributed by atoms with van der Waals surface area (Å²) in [6.45, 7) is 1.71. The molecule has 0 aliphatic carbocycles. The monoisotopic (exact) mass is 426 g/mol. The SMILES string of the molecule is COCCC1COC(c2ccc(C#Cc3ccc4c(F)c(F)ccc4c3)c(F)c2)OC1. The molecule has 6 heteroatoms. The molecule has 0 bridgehead atoms. The van der Waals surface area contributed by atoms with Gasteiger partial charge in [0, 0.05) is 36.1 Å². The lowest BCUT2D eigenvalue weighted by Gasteiger charge is -2.29. The molecule has 3 nitrogen and oxygen atoms in total. The van der Waals surface area contributed by atoms with E-state index in [0.29, 0.717) is 36.3 Å². The van der Waals surface area contributed by atoms with Crippen molar-refractivity contribution in [2.24, 2.45) is 5.92 Å². The van der Waals surface area contributed by atoms with E-state index in [9.17, 15) is 13.2 Å². The molecule has 1 aliphatic rings. The third kappa shape index (κ3) is 4.91. The Morgan fingerprint density at radius 1 is 0.935 bits per heavy atom. The maximum atomic E-state index is 14.6. The average molecular weight is 426 g/mol. The minimum Gasteiger partial charge on any atom is -0.385 e. The molecule has 0 atom stereocenters. The number of halogens is 3. The predicted molar refractivity (Wildman–Crippen MR) is 111 cm³/mol. The van der Waals surface area contributed by atoms with E-state index in [-0.39, 0.29) is 16.9 Å². The Balaban J connectivity index is 1.47. The Bertz CT molecular complexity index is 1140. The number of fused-ring (bicyclic) bond motifs is 1. The van der Waals surface area contributed by atoms with Crippen LogP contribution in [0.15, 0.2) is 48.5 Å². The average Bonchev–Trinajstić information content (AvgIpc) is 2.79. The molecule has 0 saturated carbocycles. The van der Waals surface area contributed by atoms with Crippen molar-refractivity contribution in [1.29, 1.82) is 0 Å². The van der Waals surface area contributed by atoms with Gasteiger partial charge in [0.15, 0.2) is 17.9 Å². The van der Waals surface area contributed by atoms with E-state index in [0.717, 1.165) is 12.5 Å². The summed E-state index contributed by atoms with van der Waals surface area (Å²) in [5.41, 5.74) is 1.39. The van der Waals surface area contributed by atoms with Gasteiger partial charge in [-0.25, -0.2) is 13.2 Å². The van der Waals surface area contributed by atoms with Crippen molar-refractivity contribution in [2.75, 3.05) is 26.9 Å². The minimum atomic E-state index is -0.898. The molecule has 0 aromatic heterocycles. The van der Waals surface area contributed by atoms with Gasteiger partial charge >= 0.3 is 0 Å². The molecular formula is C25H21F3O3. The number of hydrogen-bond acceptors (Lipinski definition) is 3. The Hall–Kier alpha value is -2.85. The van der Waals surface area contributed by atoms with Crippen LogP contribution in [-0.4, -0.2) is 26.9 Å². The van der Waals surface area contributed by atoms with E-state index in [4.69, 9.17) is 14.2 Å². The van der Waals surface area contributed by atoms with E-state index < -0.39 is 23.7 Å². The molecule has 3 aromatic carbocycles. The van der Waals surface area contributed by atoms with Gasteiger partial charge in [-0.05, 0) is 42.1 Å². The molecule has 1 heterocycles. The summed E-state index contributed by atoms with van der Waals surface area (Å²) in [4.78, 5) is 0. The van der Waals surface area contributed by atoms with E-state index in [1.54, 1.807) is 31.4 Å². The highest BCUT2D eigenvalue weighted by molar-refractivity contribution is 5.84. The van der Waals surface area contributed by atoms with Crippen molar-refractivity contribution in [2.45, 2.75) is 12.7 Å². The van der Waals surface area contributed by atoms with Gasteiger partial charge in [-0.2, -0.15) is 0 Å². The molecule has 0 radical (unpaired) electrons. The standard InChI is InChI=1S/C25H21F3O3/c1-29-11-10-17-14-30-25(31-15-17)20-6-5-18(23(27)13-20)4-2-16-3-8-21-19(12-16)7-9-22(26)24(21)28/h3,5-9,12-13,17,25H,10-11,14-15H2,1H3. The zero-order valence-corrected chi connectivity index (χ0v) is 17.0. The fraction of sp³-hybridized carbons (Fsp3) is 0.280. The summed E-state index contributed by atoms with van der Waals surface area (Å²) in [6.07, 6.45) is 0.244. The largest absolute Gasteiger partial charge is 0.385 e. The van der Waals surface area contributed by atoms with Crippen molar-refractivity contribution in [1.82, 2.24) is 0 Å². The molecule has 0 N–H and O–H groups in total. The first-order chi connectivity index (χ1) is 15.0. The zero-order valence-electron chi connectivity index (χ0n) is 17.0. The maximum Gasteiger partial charge on any atom is 0.183 e. The highest BCUT2D eigenvalue weighted by atomic mass is 19.2. The summed E-state index contributed by atoms with van der Waals surface area (Å²) >= 11 is 0. The number of benzene rings is 3. The lowest BCUT2D eigenvalue weighted by molar-refractivity contribution is -0.207. The minimum absolute atomic E-state index is 0.179. The van der Waals surface area contributed by atoms with Crippen LogP contribution in [-0.2, 0) is 14.2 Å². The smallest absolute Gasteiger partial charge is 0.183 e. The highest BCUT2D eigenvalue weighted by Crippen LogP contribution is 2.27. The molecule has 31 heavy (non-hydrogen) atoms. The van der Waals surface area contributed by atoms with Crippen LogP contribution in [0.1, 0.15) is 29.4 Å². The molecule has 0 unspecified atom stereocenters. The second kappa shape index (κ2) is 9.52. The fourth-order valence-corrected chi connectivity index (χ4v) is 3.45. The third-order valence-corrected chi connectivity index (χ3v) is 5.21. The lowest BCUT2D eigenvalue weighted by Crippen LogP contribution is -2.28. The lowest BCUT2D eigenvalue weighted by atomic mass is 10.1. The maximum absolute atomic E-state index is 14.6. The van der Waals surface area contributed by atoms with Gasteiger partial charge in [0.25, 0.3) is 0 Å². The molecule has 1 saturated heterocycles. The van der Waals surface area contributed by atoms with Crippen LogP contribution >= 0.6 is 0 Å². The van der Waals surface area contributed by atoms with Crippen molar-refractivity contribution in [3.05, 3.63) is 82.7 Å². The van der Waals surface area contributed by atoms with Crippen LogP contribution in [0, 0.1) is 35.2 Å². The first kappa shape index (κ1) is 21.4. The summed E-state index contributed by atoms with van der Waals surface area (Å²) in [5.74, 6) is 3.66. The van der Waals surface area contributed by atoms with Gasteiger partial charge in [-0.1, -0.05) is 30.0 Å². The van der Waals surface area contributed by atoms with E-state index >= 15 is 0 Å². The number of hydrogen-bond donors (Lipinski definition) is 0. The second-order valence-electron chi connectivity index (χ2n) is 7.43. The van der Waals surface area contributed by atoms with E-state index in [2.05, 4.69) is 11.8 Å². The van der Waals surface area contributed by atoms with Crippen molar-refractivity contribution in [3.63, 3.8) is 0 Å². The zero-order chi connectivity index (χ0) is 21.8. The first-order valence-corrected chi connectivity index (χ1v) is 9.96. The fourth-order valence-electron chi connectivity index (χ4n) is 3.45. The van der Waals surface area contributed by atoms with Crippen LogP contribution in [0.25, 0.3) is 10.8 Å². The topological polar surface area (TPSA) is 27.7 Å². The Morgan fingerprint density at radius 2 is 1.74 bits per heavy atom. The molecule has 1 aliphatic heterocycles. The second-order valence-corrected chi connectivity index (χ2v) is 7.43. The van der Waals surface area contributed by atoms with E-state index in [1.807, 2.05) is 0 Å². The number of ether oxygens (including phenoxy) is 3. The van der Waals surface area contributed by atoms with Gasteiger partial charge in [0.2, 0.25) is 0 Å². The molecule has 0 spiro atoms. The summed E-state index contributed by atoms with van der Waals surface area (Å²) in [5, 5.41) is 0.704. The van der Waals surface area contributed by atoms with E-state index in [1.165, 1.54) is 18.2 Å². The molecule has 160 valence electrons. The summed E-state index contributed by atoms with van der Waals surface area (Å²) < 4.78 is 58.2. The van der Waals surface area contributed by atoms with Crippen LogP contribution in [0.3, 0.4) is 0 Å². The van der Waals surface area contributed by atoms with Crippen LogP contribution in [0.2, 0.25) is 0 Å². The van der Waals surface area contributed by atoms with Crippen molar-refractivity contribution in [3.8, 4) is 11.8 Å². The van der Waals surface area contributed by atoms with Gasteiger partial charge in [-0.3, -0.25) is 0 Å². The highest BCUT2D eigenvalue weighted by Gasteiger charge is 2.24. The molecular weight excluding hydrogens is 405 g/mol. The molecule has 1 fully saturated rings. The molecule has 4 rings (SSSR count). The third-order valence-electron chi connectivity index (χ3n) is 5.21. The van der Waals surface area contributed by atoms with Crippen molar-refractivity contribution >= 4 is 10.8 Å². The Kier molecular flexibility index (Phi) is 6.57. The van der Waals surface area contributed by atoms with Crippen molar-refractivity contribution < 1.29 is 27.4 Å².